The zero-order valence-corrected chi connectivity index (χ0v) is 15.8. The maximum Gasteiger partial charge on any atom is 0.240 e. The van der Waals surface area contributed by atoms with Gasteiger partial charge in [-0.3, -0.25) is 0 Å². The average Bonchev–Trinajstić information content (AvgIpc) is 3.04. The van der Waals surface area contributed by atoms with E-state index in [2.05, 4.69) is 9.71 Å². The maximum atomic E-state index is 12.5. The molecule has 1 aromatic heterocycles. The Morgan fingerprint density at radius 3 is 2.56 bits per heavy atom. The molecular formula is C19H20N2O2S2. The number of aromatic nitrogens is 1. The number of sulfonamides is 1. The first-order chi connectivity index (χ1) is 12.0. The molecule has 0 atom stereocenters. The molecule has 25 heavy (non-hydrogen) atoms. The van der Waals surface area contributed by atoms with Crippen LogP contribution >= 0.6 is 11.3 Å². The molecule has 4 nitrogen and oxygen atoms in total. The smallest absolute Gasteiger partial charge is 0.240 e. The fourth-order valence-corrected chi connectivity index (χ4v) is 4.74. The number of rotatable bonds is 6. The molecule has 2 aromatic carbocycles. The highest BCUT2D eigenvalue weighted by molar-refractivity contribution is 7.89. The molecule has 0 aliphatic heterocycles. The highest BCUT2D eigenvalue weighted by atomic mass is 32.2. The average molecular weight is 373 g/mol. The number of hydrogen-bond acceptors (Lipinski definition) is 4. The van der Waals surface area contributed by atoms with E-state index in [-0.39, 0.29) is 0 Å². The van der Waals surface area contributed by atoms with Crippen LogP contribution in [0.25, 0.3) is 10.6 Å². The van der Waals surface area contributed by atoms with E-state index >= 15 is 0 Å². The molecule has 3 aromatic rings. The number of thiazole rings is 1. The summed E-state index contributed by atoms with van der Waals surface area (Å²) in [7, 11) is -3.50. The quantitative estimate of drug-likeness (QED) is 0.713. The van der Waals surface area contributed by atoms with E-state index in [0.717, 1.165) is 27.4 Å². The molecule has 3 rings (SSSR count). The molecule has 0 bridgehead atoms. The Balaban J connectivity index is 1.64. The molecule has 0 amide bonds. The Labute approximate surface area is 152 Å². The topological polar surface area (TPSA) is 59.1 Å². The lowest BCUT2D eigenvalue weighted by Gasteiger charge is -2.09. The van der Waals surface area contributed by atoms with Gasteiger partial charge in [0.2, 0.25) is 10.0 Å². The van der Waals surface area contributed by atoms with Crippen LogP contribution in [0, 0.1) is 13.8 Å². The molecule has 6 heteroatoms. The second kappa shape index (κ2) is 7.47. The minimum absolute atomic E-state index is 0.327. The molecule has 0 radical (unpaired) electrons. The van der Waals surface area contributed by atoms with Crippen molar-refractivity contribution in [1.29, 1.82) is 0 Å². The minimum atomic E-state index is -3.50. The number of nitrogens with one attached hydrogen (secondary N) is 1. The summed E-state index contributed by atoms with van der Waals surface area (Å²) in [6, 6.07) is 15.3. The Bertz CT molecular complexity index is 964. The van der Waals surface area contributed by atoms with Gasteiger partial charge in [-0.05, 0) is 25.5 Å². The zero-order valence-electron chi connectivity index (χ0n) is 14.2. The Morgan fingerprint density at radius 1 is 1.08 bits per heavy atom. The maximum absolute atomic E-state index is 12.5. The van der Waals surface area contributed by atoms with Crippen LogP contribution in [-0.2, 0) is 16.4 Å². The summed E-state index contributed by atoms with van der Waals surface area (Å²) >= 11 is 1.57. The van der Waals surface area contributed by atoms with Gasteiger partial charge < -0.3 is 0 Å². The van der Waals surface area contributed by atoms with Gasteiger partial charge in [-0.1, -0.05) is 48.0 Å². The van der Waals surface area contributed by atoms with Gasteiger partial charge in [-0.15, -0.1) is 11.3 Å². The van der Waals surface area contributed by atoms with E-state index in [1.807, 2.05) is 61.7 Å². The zero-order chi connectivity index (χ0) is 17.9. The number of aryl methyl sites for hydroxylation is 2. The van der Waals surface area contributed by atoms with Crippen LogP contribution in [0.3, 0.4) is 0 Å². The van der Waals surface area contributed by atoms with E-state index in [9.17, 15) is 8.42 Å². The summed E-state index contributed by atoms with van der Waals surface area (Å²) < 4.78 is 27.6. The lowest BCUT2D eigenvalue weighted by molar-refractivity contribution is 0.580. The van der Waals surface area contributed by atoms with Gasteiger partial charge >= 0.3 is 0 Å². The van der Waals surface area contributed by atoms with Crippen molar-refractivity contribution in [3.63, 3.8) is 0 Å². The normalized spacial score (nSPS) is 11.6. The number of nitrogens with zero attached hydrogens (tertiary/aromatic N) is 1. The van der Waals surface area contributed by atoms with Crippen molar-refractivity contribution in [3.05, 3.63) is 70.7 Å². The van der Waals surface area contributed by atoms with E-state index < -0.39 is 10.0 Å². The summed E-state index contributed by atoms with van der Waals surface area (Å²) in [5, 5.41) is 2.93. The van der Waals surface area contributed by atoms with Crippen molar-refractivity contribution < 1.29 is 8.42 Å². The van der Waals surface area contributed by atoms with Gasteiger partial charge in [0.25, 0.3) is 0 Å². The fourth-order valence-electron chi connectivity index (χ4n) is 2.63. The minimum Gasteiger partial charge on any atom is -0.241 e. The van der Waals surface area contributed by atoms with Crippen molar-refractivity contribution in [2.24, 2.45) is 0 Å². The van der Waals surface area contributed by atoms with Crippen molar-refractivity contribution >= 4 is 21.4 Å². The summed E-state index contributed by atoms with van der Waals surface area (Å²) in [6.45, 7) is 4.09. The molecule has 0 saturated heterocycles. The first-order valence-corrected chi connectivity index (χ1v) is 10.4. The molecule has 0 unspecified atom stereocenters. The third-order valence-electron chi connectivity index (χ3n) is 3.87. The second-order valence-electron chi connectivity index (χ2n) is 5.93. The Kier molecular flexibility index (Phi) is 5.32. The van der Waals surface area contributed by atoms with Crippen molar-refractivity contribution in [3.8, 4) is 10.6 Å². The van der Waals surface area contributed by atoms with Crippen molar-refractivity contribution in [1.82, 2.24) is 9.71 Å². The lowest BCUT2D eigenvalue weighted by Crippen LogP contribution is -2.26. The number of hydrogen-bond donors (Lipinski definition) is 1. The first kappa shape index (κ1) is 17.8. The van der Waals surface area contributed by atoms with Gasteiger partial charge in [0.1, 0.15) is 5.01 Å². The molecule has 0 aliphatic carbocycles. The Morgan fingerprint density at radius 2 is 1.84 bits per heavy atom. The third-order valence-corrected chi connectivity index (χ3v) is 6.43. The molecule has 130 valence electrons. The van der Waals surface area contributed by atoms with Crippen molar-refractivity contribution in [2.45, 2.75) is 25.2 Å². The highest BCUT2D eigenvalue weighted by Crippen LogP contribution is 2.23. The first-order valence-electron chi connectivity index (χ1n) is 8.02. The summed E-state index contributed by atoms with van der Waals surface area (Å²) in [5.41, 5.74) is 3.78. The van der Waals surface area contributed by atoms with E-state index in [1.165, 1.54) is 0 Å². The molecule has 0 saturated carbocycles. The largest absolute Gasteiger partial charge is 0.241 e. The molecular weight excluding hydrogens is 352 g/mol. The van der Waals surface area contributed by atoms with Gasteiger partial charge in [0, 0.05) is 23.9 Å². The molecule has 0 fully saturated rings. The van der Waals surface area contributed by atoms with Gasteiger partial charge in [0.05, 0.1) is 10.6 Å². The SMILES string of the molecule is Cc1ccc(S(=O)(=O)NCCc2csc(-c3ccccc3)n2)c(C)c1. The summed E-state index contributed by atoms with van der Waals surface area (Å²) in [6.07, 6.45) is 0.563. The molecule has 1 heterocycles. The third kappa shape index (κ3) is 4.34. The molecule has 0 spiro atoms. The summed E-state index contributed by atoms with van der Waals surface area (Å²) in [4.78, 5) is 4.92. The van der Waals surface area contributed by atoms with E-state index in [4.69, 9.17) is 0 Å². The van der Waals surface area contributed by atoms with E-state index in [1.54, 1.807) is 17.4 Å². The van der Waals surface area contributed by atoms with Gasteiger partial charge in [-0.25, -0.2) is 18.1 Å². The highest BCUT2D eigenvalue weighted by Gasteiger charge is 2.16. The number of benzene rings is 2. The lowest BCUT2D eigenvalue weighted by atomic mass is 10.2. The monoisotopic (exact) mass is 372 g/mol. The molecule has 0 aliphatic rings. The van der Waals surface area contributed by atoms with Crippen LogP contribution in [-0.4, -0.2) is 19.9 Å². The predicted octanol–water partition coefficient (Wildman–Crippen LogP) is 3.95. The fraction of sp³-hybridized carbons (Fsp3) is 0.211. The standard InChI is InChI=1S/C19H20N2O2S2/c1-14-8-9-18(15(2)12-14)25(22,23)20-11-10-17-13-24-19(21-17)16-6-4-3-5-7-16/h3-9,12-13,20H,10-11H2,1-2H3. The summed E-state index contributed by atoms with van der Waals surface area (Å²) in [5.74, 6) is 0. The van der Waals surface area contributed by atoms with Crippen molar-refractivity contribution in [2.75, 3.05) is 6.54 Å². The predicted molar refractivity (Wildman–Crippen MR) is 102 cm³/mol. The second-order valence-corrected chi connectivity index (χ2v) is 8.52. The van der Waals surface area contributed by atoms with Crippen LogP contribution in [0.5, 0.6) is 0 Å². The van der Waals surface area contributed by atoms with Gasteiger partial charge in [0.15, 0.2) is 0 Å². The Hall–Kier alpha value is -2.02. The molecule has 1 N–H and O–H groups in total. The van der Waals surface area contributed by atoms with Crippen LogP contribution < -0.4 is 4.72 Å². The van der Waals surface area contributed by atoms with E-state index in [0.29, 0.717) is 17.9 Å². The van der Waals surface area contributed by atoms with Gasteiger partial charge in [-0.2, -0.15) is 0 Å². The van der Waals surface area contributed by atoms with Crippen LogP contribution in [0.15, 0.2) is 58.8 Å². The van der Waals surface area contributed by atoms with Crippen LogP contribution in [0.4, 0.5) is 0 Å². The van der Waals surface area contributed by atoms with Crippen LogP contribution in [0.2, 0.25) is 0 Å². The van der Waals surface area contributed by atoms with Crippen LogP contribution in [0.1, 0.15) is 16.8 Å².